The van der Waals surface area contributed by atoms with Crippen molar-refractivity contribution in [1.29, 1.82) is 5.26 Å². The van der Waals surface area contributed by atoms with Crippen LogP contribution in [0.3, 0.4) is 0 Å². The first-order valence-corrected chi connectivity index (χ1v) is 10.9. The molecule has 2 aliphatic heterocycles. The van der Waals surface area contributed by atoms with Crippen molar-refractivity contribution in [3.63, 3.8) is 0 Å². The number of nitrogens with one attached hydrogen (secondary N) is 1. The van der Waals surface area contributed by atoms with Crippen molar-refractivity contribution < 1.29 is 4.79 Å². The molecule has 136 valence electrons. The van der Waals surface area contributed by atoms with Crippen LogP contribution in [0.15, 0.2) is 4.79 Å². The summed E-state index contributed by atoms with van der Waals surface area (Å²) in [7, 11) is 0. The molecule has 0 spiro atoms. The number of amides is 1. The highest BCUT2D eigenvalue weighted by Gasteiger charge is 2.37. The number of thiophene rings is 1. The van der Waals surface area contributed by atoms with Gasteiger partial charge in [0.2, 0.25) is 0 Å². The first kappa shape index (κ1) is 17.6. The van der Waals surface area contributed by atoms with Crippen LogP contribution in [-0.2, 0) is 13.0 Å². The van der Waals surface area contributed by atoms with Gasteiger partial charge in [-0.15, -0.1) is 11.3 Å². The first-order valence-electron chi connectivity index (χ1n) is 8.89. The van der Waals surface area contributed by atoms with E-state index >= 15 is 0 Å². The van der Waals surface area contributed by atoms with E-state index in [9.17, 15) is 14.9 Å². The zero-order valence-electron chi connectivity index (χ0n) is 14.6. The quantitative estimate of drug-likeness (QED) is 0.854. The molecule has 0 aliphatic carbocycles. The molecule has 2 aromatic rings. The monoisotopic (exact) mass is 388 g/mol. The maximum atomic E-state index is 13.0. The average Bonchev–Trinajstić information content (AvgIpc) is 3.13. The Morgan fingerprint density at radius 1 is 1.38 bits per heavy atom. The molecule has 2 aliphatic rings. The van der Waals surface area contributed by atoms with E-state index in [0.717, 1.165) is 37.3 Å². The number of nitriles is 1. The summed E-state index contributed by atoms with van der Waals surface area (Å²) in [4.78, 5) is 31.7. The molecule has 2 aromatic heterocycles. The van der Waals surface area contributed by atoms with Gasteiger partial charge < -0.3 is 5.32 Å². The van der Waals surface area contributed by atoms with Crippen molar-refractivity contribution in [2.24, 2.45) is 0 Å². The fourth-order valence-corrected chi connectivity index (χ4v) is 6.03. The predicted octanol–water partition coefficient (Wildman–Crippen LogP) is 2.62. The summed E-state index contributed by atoms with van der Waals surface area (Å²) in [6.45, 7) is 2.51. The number of carbonyl (C=O) groups excluding carboxylic acids is 1. The van der Waals surface area contributed by atoms with Gasteiger partial charge in [-0.1, -0.05) is 6.42 Å². The fraction of sp³-hybridized carbons (Fsp3) is 0.556. The molecule has 4 heterocycles. The van der Waals surface area contributed by atoms with Gasteiger partial charge in [-0.2, -0.15) is 17.0 Å². The molecule has 4 rings (SSSR count). The number of hydrogen-bond acceptors (Lipinski definition) is 6. The SMILES string of the molecule is Cc1c(C(=O)NC2(C#N)CCSC2)sc2nc3n(c(=O)c12)CCCCC3. The van der Waals surface area contributed by atoms with Gasteiger partial charge in [-0.3, -0.25) is 14.2 Å². The van der Waals surface area contributed by atoms with E-state index in [1.54, 1.807) is 16.3 Å². The van der Waals surface area contributed by atoms with Crippen molar-refractivity contribution in [1.82, 2.24) is 14.9 Å². The highest BCUT2D eigenvalue weighted by molar-refractivity contribution is 7.99. The van der Waals surface area contributed by atoms with Crippen LogP contribution >= 0.6 is 23.1 Å². The summed E-state index contributed by atoms with van der Waals surface area (Å²) in [5.41, 5.74) is -0.159. The van der Waals surface area contributed by atoms with Gasteiger partial charge in [-0.05, 0) is 37.5 Å². The fourth-order valence-electron chi connectivity index (χ4n) is 3.68. The lowest BCUT2D eigenvalue weighted by Crippen LogP contribution is -2.47. The smallest absolute Gasteiger partial charge is 0.262 e. The Hall–Kier alpha value is -1.85. The third kappa shape index (κ3) is 2.83. The lowest BCUT2D eigenvalue weighted by atomic mass is 10.0. The lowest BCUT2D eigenvalue weighted by Gasteiger charge is -2.20. The Labute approximate surface area is 159 Å². The van der Waals surface area contributed by atoms with Crippen LogP contribution in [0, 0.1) is 18.3 Å². The number of hydrogen-bond donors (Lipinski definition) is 1. The van der Waals surface area contributed by atoms with Gasteiger partial charge in [0.1, 0.15) is 16.2 Å². The number of aromatic nitrogens is 2. The van der Waals surface area contributed by atoms with E-state index in [1.165, 1.54) is 11.3 Å². The van der Waals surface area contributed by atoms with Crippen molar-refractivity contribution in [2.75, 3.05) is 11.5 Å². The van der Waals surface area contributed by atoms with Crippen LogP contribution in [-0.4, -0.2) is 32.5 Å². The van der Waals surface area contributed by atoms with Crippen LogP contribution in [0.2, 0.25) is 0 Å². The summed E-state index contributed by atoms with van der Waals surface area (Å²) in [5, 5.41) is 13.0. The summed E-state index contributed by atoms with van der Waals surface area (Å²) >= 11 is 2.94. The van der Waals surface area contributed by atoms with Gasteiger partial charge in [0.05, 0.1) is 16.3 Å². The third-order valence-corrected chi connectivity index (χ3v) is 7.58. The summed E-state index contributed by atoms with van der Waals surface area (Å²) < 4.78 is 1.78. The Kier molecular flexibility index (Phi) is 4.53. The van der Waals surface area contributed by atoms with Gasteiger partial charge in [0, 0.05) is 18.7 Å². The molecule has 1 saturated heterocycles. The van der Waals surface area contributed by atoms with Crippen molar-refractivity contribution in [3.8, 4) is 6.07 Å². The Morgan fingerprint density at radius 2 is 2.23 bits per heavy atom. The summed E-state index contributed by atoms with van der Waals surface area (Å²) in [5.74, 6) is 2.03. The van der Waals surface area contributed by atoms with E-state index in [1.807, 2.05) is 6.92 Å². The molecule has 6 nitrogen and oxygen atoms in total. The zero-order chi connectivity index (χ0) is 18.3. The Balaban J connectivity index is 1.76. The molecule has 1 unspecified atom stereocenters. The maximum absolute atomic E-state index is 13.0. The standard InChI is InChI=1S/C18H20N4O2S2/c1-11-13-16(20-12-5-3-2-4-7-22(12)17(13)24)26-14(11)15(23)21-18(9-19)6-8-25-10-18/h2-8,10H2,1H3,(H,21,23). The van der Waals surface area contributed by atoms with Gasteiger partial charge >= 0.3 is 0 Å². The summed E-state index contributed by atoms with van der Waals surface area (Å²) in [6, 6.07) is 2.26. The molecule has 0 saturated carbocycles. The van der Waals surface area contributed by atoms with Crippen LogP contribution in [0.25, 0.3) is 10.2 Å². The topological polar surface area (TPSA) is 87.8 Å². The molecule has 1 N–H and O–H groups in total. The second-order valence-electron chi connectivity index (χ2n) is 6.98. The van der Waals surface area contributed by atoms with E-state index in [2.05, 4.69) is 11.4 Å². The van der Waals surface area contributed by atoms with Crippen LogP contribution in [0.4, 0.5) is 0 Å². The second kappa shape index (κ2) is 6.71. The van der Waals surface area contributed by atoms with E-state index in [0.29, 0.717) is 39.4 Å². The number of carbonyl (C=O) groups is 1. The molecular formula is C18H20N4O2S2. The molecular weight excluding hydrogens is 368 g/mol. The van der Waals surface area contributed by atoms with Gasteiger partial charge in [0.25, 0.3) is 11.5 Å². The largest absolute Gasteiger partial charge is 0.332 e. The number of rotatable bonds is 2. The molecule has 1 amide bonds. The average molecular weight is 389 g/mol. The molecule has 0 bridgehead atoms. The van der Waals surface area contributed by atoms with Crippen LogP contribution in [0.1, 0.15) is 46.7 Å². The molecule has 26 heavy (non-hydrogen) atoms. The lowest BCUT2D eigenvalue weighted by molar-refractivity contribution is 0.0930. The predicted molar refractivity (Wildman–Crippen MR) is 104 cm³/mol. The molecule has 8 heteroatoms. The Bertz CT molecular complexity index is 980. The second-order valence-corrected chi connectivity index (χ2v) is 9.09. The molecule has 1 atom stereocenters. The number of aryl methyl sites for hydroxylation is 2. The van der Waals surface area contributed by atoms with E-state index < -0.39 is 5.54 Å². The van der Waals surface area contributed by atoms with Crippen molar-refractivity contribution >= 4 is 39.2 Å². The molecule has 0 radical (unpaired) electrons. The molecule has 0 aromatic carbocycles. The number of thioether (sulfide) groups is 1. The number of nitrogens with zero attached hydrogens (tertiary/aromatic N) is 3. The van der Waals surface area contributed by atoms with Crippen molar-refractivity contribution in [2.45, 2.75) is 51.1 Å². The normalized spacial score (nSPS) is 22.6. The maximum Gasteiger partial charge on any atom is 0.262 e. The van der Waals surface area contributed by atoms with Crippen LogP contribution < -0.4 is 10.9 Å². The highest BCUT2D eigenvalue weighted by atomic mass is 32.2. The minimum Gasteiger partial charge on any atom is -0.332 e. The number of fused-ring (bicyclic) bond motifs is 2. The van der Waals surface area contributed by atoms with Gasteiger partial charge in [0.15, 0.2) is 0 Å². The Morgan fingerprint density at radius 3 is 2.96 bits per heavy atom. The first-order chi connectivity index (χ1) is 12.5. The summed E-state index contributed by atoms with van der Waals surface area (Å²) in [6.07, 6.45) is 4.59. The van der Waals surface area contributed by atoms with Crippen molar-refractivity contribution in [3.05, 3.63) is 26.6 Å². The van der Waals surface area contributed by atoms with Gasteiger partial charge in [-0.25, -0.2) is 4.98 Å². The third-order valence-electron chi connectivity index (χ3n) is 5.21. The highest BCUT2D eigenvalue weighted by Crippen LogP contribution is 2.31. The minimum atomic E-state index is -0.802. The van der Waals surface area contributed by atoms with E-state index in [4.69, 9.17) is 4.98 Å². The zero-order valence-corrected chi connectivity index (χ0v) is 16.3. The van der Waals surface area contributed by atoms with E-state index in [-0.39, 0.29) is 11.5 Å². The minimum absolute atomic E-state index is 0.0360. The molecule has 1 fully saturated rings. The van der Waals surface area contributed by atoms with Crippen LogP contribution in [0.5, 0.6) is 0 Å².